The molecule has 14 heteroatoms. The molecule has 4 amide bonds. The van der Waals surface area contributed by atoms with E-state index in [1.54, 1.807) is 30.3 Å². The van der Waals surface area contributed by atoms with Gasteiger partial charge in [-0.3, -0.25) is 41.2 Å². The molecule has 3 aromatic rings. The van der Waals surface area contributed by atoms with Gasteiger partial charge < -0.3 is 15.5 Å². The van der Waals surface area contributed by atoms with Gasteiger partial charge in [-0.2, -0.15) is 0 Å². The van der Waals surface area contributed by atoms with Crippen LogP contribution in [0.2, 0.25) is 0 Å². The van der Waals surface area contributed by atoms with Crippen molar-refractivity contribution in [3.63, 3.8) is 0 Å². The average molecular weight is 624 g/mol. The van der Waals surface area contributed by atoms with Crippen molar-refractivity contribution >= 4 is 35.5 Å². The predicted molar refractivity (Wildman–Crippen MR) is 165 cm³/mol. The van der Waals surface area contributed by atoms with E-state index >= 15 is 0 Å². The standard InChI is InChI=1S/C32H31N9O5/c33-28-37-26-23(14-40-25(42)16-39(30(40)44)18-8-2-1-3-9-18)35-29(34)41-15-24(32(45,46)31(26,41)38-28)36-27(43)21-12-6-11-20-19-10-5-4-7-17(19)13-22(20)21/h1-12,23-24,26,45-46H,13-16H2,(H6,33,34,35,36,37,38,43)/p+2/t23-,24?,26-,31-/m0/s1. The average Bonchev–Trinajstić information content (AvgIpc) is 3.75. The van der Waals surface area contributed by atoms with Crippen molar-refractivity contribution in [3.8, 4) is 11.1 Å². The Morgan fingerprint density at radius 2 is 1.76 bits per heavy atom. The Hall–Kier alpha value is -5.47. The van der Waals surface area contributed by atoms with E-state index in [-0.39, 0.29) is 31.6 Å². The number of guanidine groups is 2. The smallest absolute Gasteiger partial charge is 0.347 e. The number of fused-ring (bicyclic) bond motifs is 3. The van der Waals surface area contributed by atoms with Crippen LogP contribution in [0, 0.1) is 0 Å². The van der Waals surface area contributed by atoms with Crippen LogP contribution in [0.15, 0.2) is 72.8 Å². The highest BCUT2D eigenvalue weighted by Crippen LogP contribution is 2.40. The zero-order valence-electron chi connectivity index (χ0n) is 24.6. The topological polar surface area (TPSA) is 203 Å². The summed E-state index contributed by atoms with van der Waals surface area (Å²) in [7, 11) is 0. The second kappa shape index (κ2) is 9.76. The lowest BCUT2D eigenvalue weighted by atomic mass is 9.85. The fourth-order valence-corrected chi connectivity index (χ4v) is 7.73. The second-order valence-electron chi connectivity index (χ2n) is 12.3. The third kappa shape index (κ3) is 3.80. The highest BCUT2D eigenvalue weighted by molar-refractivity contribution is 6.12. The molecule has 4 aliphatic heterocycles. The maximum Gasteiger partial charge on any atom is 0.347 e. The SMILES string of the molecule is NC1=[NH+][C@H]2[C@H](CN3C(=O)CN(c4ccccc4)C3=O)NC(N)=[N+]3CC(NC(=O)c4cccc5c4Cc4ccccc4-5)C(O)(O)[C@]23N1. The van der Waals surface area contributed by atoms with Crippen LogP contribution in [0.3, 0.4) is 0 Å². The molecule has 1 spiro atoms. The van der Waals surface area contributed by atoms with Gasteiger partial charge in [-0.1, -0.05) is 54.6 Å². The number of carbonyl (C=O) groups excluding carboxylic acids is 3. The Balaban J connectivity index is 1.08. The molecule has 1 aliphatic carbocycles. The van der Waals surface area contributed by atoms with E-state index in [0.29, 0.717) is 17.7 Å². The van der Waals surface area contributed by atoms with Gasteiger partial charge >= 0.3 is 18.0 Å². The van der Waals surface area contributed by atoms with Gasteiger partial charge in [0.25, 0.3) is 23.3 Å². The normalized spacial score (nSPS) is 27.0. The number of nitrogens with two attached hydrogens (primary N) is 2. The molecular weight excluding hydrogens is 590 g/mol. The lowest BCUT2D eigenvalue weighted by Crippen LogP contribution is -2.92. The first-order chi connectivity index (χ1) is 22.1. The third-order valence-electron chi connectivity index (χ3n) is 9.85. The first-order valence-corrected chi connectivity index (χ1v) is 15.1. The molecule has 4 heterocycles. The molecule has 234 valence electrons. The van der Waals surface area contributed by atoms with Crippen LogP contribution in [-0.4, -0.2) is 98.7 Å². The lowest BCUT2D eigenvalue weighted by molar-refractivity contribution is -0.674. The van der Waals surface area contributed by atoms with Gasteiger partial charge in [-0.05, 0) is 46.9 Å². The molecule has 4 atom stereocenters. The van der Waals surface area contributed by atoms with E-state index in [2.05, 4.69) is 20.9 Å². The van der Waals surface area contributed by atoms with Crippen LogP contribution in [0.1, 0.15) is 21.5 Å². The Kier molecular flexibility index (Phi) is 5.95. The number of amides is 4. The molecule has 2 fully saturated rings. The van der Waals surface area contributed by atoms with E-state index in [0.717, 1.165) is 27.2 Å². The Bertz CT molecular complexity index is 1890. The minimum absolute atomic E-state index is 0.0413. The van der Waals surface area contributed by atoms with E-state index in [9.17, 15) is 24.6 Å². The van der Waals surface area contributed by atoms with Gasteiger partial charge in [0.1, 0.15) is 18.6 Å². The quantitative estimate of drug-likeness (QED) is 0.0643. The minimum atomic E-state index is -2.62. The van der Waals surface area contributed by atoms with Gasteiger partial charge in [0.05, 0.1) is 13.1 Å². The number of hydrogen-bond acceptors (Lipinski definition) is 9. The van der Waals surface area contributed by atoms with Crippen molar-refractivity contribution in [1.29, 1.82) is 0 Å². The summed E-state index contributed by atoms with van der Waals surface area (Å²) < 4.78 is 1.52. The van der Waals surface area contributed by atoms with Crippen molar-refractivity contribution in [2.24, 2.45) is 11.5 Å². The lowest BCUT2D eigenvalue weighted by Gasteiger charge is -2.41. The van der Waals surface area contributed by atoms with E-state index in [4.69, 9.17) is 11.5 Å². The highest BCUT2D eigenvalue weighted by atomic mass is 16.5. The number of hydrogen-bond donors (Lipinski definition) is 8. The zero-order valence-corrected chi connectivity index (χ0v) is 24.6. The molecule has 10 N–H and O–H groups in total. The van der Waals surface area contributed by atoms with Crippen molar-refractivity contribution in [2.75, 3.05) is 24.5 Å². The van der Waals surface area contributed by atoms with Crippen LogP contribution in [0.25, 0.3) is 11.1 Å². The fourth-order valence-electron chi connectivity index (χ4n) is 7.73. The van der Waals surface area contributed by atoms with Crippen LogP contribution in [-0.2, 0) is 11.2 Å². The molecule has 0 radical (unpaired) electrons. The number of urea groups is 1. The summed E-state index contributed by atoms with van der Waals surface area (Å²) in [4.78, 5) is 45.8. The van der Waals surface area contributed by atoms with Crippen LogP contribution < -0.4 is 37.3 Å². The summed E-state index contributed by atoms with van der Waals surface area (Å²) in [5.74, 6) is -3.40. The largest absolute Gasteiger partial charge is 0.358 e. The predicted octanol–water partition coefficient (Wildman–Crippen LogP) is -3.12. The molecule has 46 heavy (non-hydrogen) atoms. The van der Waals surface area contributed by atoms with Crippen LogP contribution in [0.4, 0.5) is 10.5 Å². The van der Waals surface area contributed by atoms with Crippen LogP contribution in [0.5, 0.6) is 0 Å². The Morgan fingerprint density at radius 1 is 1.02 bits per heavy atom. The zero-order chi connectivity index (χ0) is 32.0. The molecule has 0 aromatic heterocycles. The summed E-state index contributed by atoms with van der Waals surface area (Å²) in [6, 6.07) is 18.9. The minimum Gasteiger partial charge on any atom is -0.358 e. The van der Waals surface area contributed by atoms with Gasteiger partial charge in [-0.25, -0.2) is 14.7 Å². The first kappa shape index (κ1) is 28.0. The van der Waals surface area contributed by atoms with Crippen molar-refractivity contribution in [3.05, 3.63) is 89.5 Å². The molecule has 2 saturated heterocycles. The van der Waals surface area contributed by atoms with Crippen LogP contribution >= 0.6 is 0 Å². The summed E-state index contributed by atoms with van der Waals surface area (Å²) in [5, 5.41) is 32.8. The molecule has 14 nitrogen and oxygen atoms in total. The second-order valence-corrected chi connectivity index (χ2v) is 12.3. The highest BCUT2D eigenvalue weighted by Gasteiger charge is 2.78. The van der Waals surface area contributed by atoms with Crippen molar-refractivity contribution < 1.29 is 34.2 Å². The molecule has 1 unspecified atom stereocenters. The summed E-state index contributed by atoms with van der Waals surface area (Å²) in [5.41, 5.74) is 16.0. The molecule has 0 saturated carbocycles. The Morgan fingerprint density at radius 3 is 2.57 bits per heavy atom. The maximum absolute atomic E-state index is 13.8. The number of para-hydroxylation sites is 1. The Labute approximate surface area is 263 Å². The summed E-state index contributed by atoms with van der Waals surface area (Å²) in [6.07, 6.45) is 0.584. The maximum atomic E-state index is 13.8. The number of benzene rings is 3. The van der Waals surface area contributed by atoms with Crippen molar-refractivity contribution in [1.82, 2.24) is 20.9 Å². The number of anilines is 1. The van der Waals surface area contributed by atoms with Gasteiger partial charge in [0, 0.05) is 11.3 Å². The summed E-state index contributed by atoms with van der Waals surface area (Å²) >= 11 is 0. The van der Waals surface area contributed by atoms with E-state index < -0.39 is 47.4 Å². The number of nitrogens with one attached hydrogen (secondary N) is 4. The number of rotatable bonds is 5. The molecule has 0 bridgehead atoms. The third-order valence-corrected chi connectivity index (χ3v) is 9.85. The van der Waals surface area contributed by atoms with E-state index in [1.807, 2.05) is 42.5 Å². The van der Waals surface area contributed by atoms with Gasteiger partial charge in [-0.15, -0.1) is 0 Å². The fraction of sp³-hybridized carbons (Fsp3) is 0.281. The molecule has 5 aliphatic rings. The number of imide groups is 1. The van der Waals surface area contributed by atoms with E-state index in [1.165, 1.54) is 9.48 Å². The number of nitrogens with zero attached hydrogens (tertiary/aromatic N) is 3. The number of carbonyl (C=O) groups is 3. The summed E-state index contributed by atoms with van der Waals surface area (Å²) in [6.45, 7) is -0.363. The molecular formula is C32H33N9O5+2. The van der Waals surface area contributed by atoms with Gasteiger partial charge in [0.2, 0.25) is 0 Å². The molecule has 8 rings (SSSR count). The van der Waals surface area contributed by atoms with Gasteiger partial charge in [0.15, 0.2) is 6.04 Å². The number of aliphatic hydroxyl groups is 2. The first-order valence-electron chi connectivity index (χ1n) is 15.1. The monoisotopic (exact) mass is 623 g/mol. The van der Waals surface area contributed by atoms with Crippen molar-refractivity contribution in [2.45, 2.75) is 36.0 Å². The molecule has 3 aromatic carbocycles.